The van der Waals surface area contributed by atoms with E-state index in [0.717, 1.165) is 0 Å². The number of nitrogens with zero attached hydrogens (tertiary/aromatic N) is 5. The van der Waals surface area contributed by atoms with Crippen molar-refractivity contribution >= 4 is 23.4 Å². The van der Waals surface area contributed by atoms with Crippen molar-refractivity contribution in [1.82, 2.24) is 15.0 Å². The molecule has 2 aromatic rings. The summed E-state index contributed by atoms with van der Waals surface area (Å²) in [7, 11) is 1.62. The van der Waals surface area contributed by atoms with Gasteiger partial charge in [0.2, 0.25) is 23.6 Å². The van der Waals surface area contributed by atoms with Crippen LogP contribution in [0.3, 0.4) is 0 Å². The van der Waals surface area contributed by atoms with Crippen molar-refractivity contribution < 1.29 is 9.60 Å². The van der Waals surface area contributed by atoms with Crippen LogP contribution in [-0.2, 0) is 0 Å². The quantitative estimate of drug-likeness (QED) is 0.322. The standard InChI is InChI=1S/C11H12FN7O/c1-19(7-4-2-3-6(12)5-7)11-16-9(8(13)18-20)15-10(14)17-11/h2-5,20H,1H3,(H2,13,18)(H2,14,15,16,17). The van der Waals surface area contributed by atoms with Gasteiger partial charge in [0, 0.05) is 12.7 Å². The van der Waals surface area contributed by atoms with E-state index < -0.39 is 5.82 Å². The Balaban J connectivity index is 2.44. The molecule has 0 spiro atoms. The van der Waals surface area contributed by atoms with Gasteiger partial charge >= 0.3 is 0 Å². The first-order chi connectivity index (χ1) is 9.51. The van der Waals surface area contributed by atoms with Gasteiger partial charge in [-0.05, 0) is 18.2 Å². The molecule has 0 amide bonds. The van der Waals surface area contributed by atoms with E-state index in [9.17, 15) is 4.39 Å². The largest absolute Gasteiger partial charge is 0.409 e. The zero-order chi connectivity index (χ0) is 14.7. The topological polar surface area (TPSA) is 127 Å². The van der Waals surface area contributed by atoms with Crippen molar-refractivity contribution in [2.45, 2.75) is 0 Å². The number of benzene rings is 1. The average molecular weight is 277 g/mol. The highest BCUT2D eigenvalue weighted by molar-refractivity contribution is 5.93. The molecule has 0 bridgehead atoms. The second-order valence-electron chi connectivity index (χ2n) is 3.84. The normalized spacial score (nSPS) is 11.4. The summed E-state index contributed by atoms with van der Waals surface area (Å²) in [5.74, 6) is -0.719. The van der Waals surface area contributed by atoms with Crippen LogP contribution in [0.5, 0.6) is 0 Å². The lowest BCUT2D eigenvalue weighted by molar-refractivity contribution is 0.318. The Morgan fingerprint density at radius 2 is 2.10 bits per heavy atom. The molecular formula is C11H12FN7O. The van der Waals surface area contributed by atoms with Crippen LogP contribution in [0.2, 0.25) is 0 Å². The number of nitrogens with two attached hydrogens (primary N) is 2. The highest BCUT2D eigenvalue weighted by Gasteiger charge is 2.13. The third kappa shape index (κ3) is 2.71. The van der Waals surface area contributed by atoms with Gasteiger partial charge in [0.05, 0.1) is 0 Å². The summed E-state index contributed by atoms with van der Waals surface area (Å²) in [6.07, 6.45) is 0. The number of oxime groups is 1. The number of hydrogen-bond donors (Lipinski definition) is 3. The zero-order valence-corrected chi connectivity index (χ0v) is 10.5. The third-order valence-corrected chi connectivity index (χ3v) is 2.47. The molecule has 0 aliphatic rings. The Labute approximate surface area is 113 Å². The van der Waals surface area contributed by atoms with E-state index >= 15 is 0 Å². The summed E-state index contributed by atoms with van der Waals surface area (Å²) < 4.78 is 13.2. The molecule has 0 aliphatic heterocycles. The molecular weight excluding hydrogens is 265 g/mol. The predicted octanol–water partition coefficient (Wildman–Crippen LogP) is 0.455. The highest BCUT2D eigenvalue weighted by Crippen LogP contribution is 2.21. The van der Waals surface area contributed by atoms with Crippen LogP contribution in [0.15, 0.2) is 29.4 Å². The van der Waals surface area contributed by atoms with Gasteiger partial charge in [-0.1, -0.05) is 11.2 Å². The number of amidine groups is 1. The van der Waals surface area contributed by atoms with Crippen LogP contribution < -0.4 is 16.4 Å². The second kappa shape index (κ2) is 5.34. The van der Waals surface area contributed by atoms with Gasteiger partial charge in [-0.2, -0.15) is 15.0 Å². The Morgan fingerprint density at radius 3 is 2.75 bits per heavy atom. The number of hydrogen-bond acceptors (Lipinski definition) is 7. The van der Waals surface area contributed by atoms with Gasteiger partial charge < -0.3 is 21.6 Å². The van der Waals surface area contributed by atoms with Gasteiger partial charge in [-0.25, -0.2) is 4.39 Å². The Kier molecular flexibility index (Phi) is 3.60. The molecule has 2 rings (SSSR count). The molecule has 0 fully saturated rings. The fraction of sp³-hybridized carbons (Fsp3) is 0.0909. The molecule has 0 saturated carbocycles. The average Bonchev–Trinajstić information content (AvgIpc) is 2.45. The molecule has 1 heterocycles. The van der Waals surface area contributed by atoms with E-state index in [-0.39, 0.29) is 23.6 Å². The van der Waals surface area contributed by atoms with E-state index in [1.54, 1.807) is 19.2 Å². The first-order valence-electron chi connectivity index (χ1n) is 5.50. The molecule has 0 radical (unpaired) electrons. The molecule has 104 valence electrons. The number of anilines is 3. The van der Waals surface area contributed by atoms with Crippen LogP contribution in [0.4, 0.5) is 22.0 Å². The molecule has 20 heavy (non-hydrogen) atoms. The first-order valence-corrected chi connectivity index (χ1v) is 5.50. The number of rotatable bonds is 3. The van der Waals surface area contributed by atoms with Crippen molar-refractivity contribution in [2.75, 3.05) is 17.7 Å². The summed E-state index contributed by atoms with van der Waals surface area (Å²) in [5, 5.41) is 11.4. The van der Waals surface area contributed by atoms with E-state index in [2.05, 4.69) is 20.1 Å². The van der Waals surface area contributed by atoms with Gasteiger partial charge in [0.25, 0.3) is 0 Å². The molecule has 0 saturated heterocycles. The smallest absolute Gasteiger partial charge is 0.235 e. The van der Waals surface area contributed by atoms with Crippen molar-refractivity contribution in [3.05, 3.63) is 35.9 Å². The summed E-state index contributed by atoms with van der Waals surface area (Å²) in [6, 6.07) is 5.85. The zero-order valence-electron chi connectivity index (χ0n) is 10.5. The maximum atomic E-state index is 13.2. The molecule has 5 N–H and O–H groups in total. The van der Waals surface area contributed by atoms with Crippen molar-refractivity contribution in [1.29, 1.82) is 0 Å². The van der Waals surface area contributed by atoms with E-state index in [1.807, 2.05) is 0 Å². The Morgan fingerprint density at radius 1 is 1.35 bits per heavy atom. The van der Waals surface area contributed by atoms with Crippen molar-refractivity contribution in [3.63, 3.8) is 0 Å². The van der Waals surface area contributed by atoms with Crippen LogP contribution in [0.1, 0.15) is 5.82 Å². The second-order valence-corrected chi connectivity index (χ2v) is 3.84. The van der Waals surface area contributed by atoms with Gasteiger partial charge in [-0.3, -0.25) is 0 Å². The van der Waals surface area contributed by atoms with E-state index in [4.69, 9.17) is 16.7 Å². The SMILES string of the molecule is CN(c1cccc(F)c1)c1nc(N)nc(C(N)=NO)n1. The first kappa shape index (κ1) is 13.5. The molecule has 1 aromatic heterocycles. The van der Waals surface area contributed by atoms with Crippen molar-refractivity contribution in [2.24, 2.45) is 10.9 Å². The summed E-state index contributed by atoms with van der Waals surface area (Å²) >= 11 is 0. The van der Waals surface area contributed by atoms with E-state index in [0.29, 0.717) is 5.69 Å². The predicted molar refractivity (Wildman–Crippen MR) is 71.2 cm³/mol. The van der Waals surface area contributed by atoms with Crippen LogP contribution >= 0.6 is 0 Å². The highest BCUT2D eigenvalue weighted by atomic mass is 19.1. The lowest BCUT2D eigenvalue weighted by Crippen LogP contribution is -2.22. The summed E-state index contributed by atoms with van der Waals surface area (Å²) in [5.41, 5.74) is 11.5. The number of halogens is 1. The molecule has 0 atom stereocenters. The van der Waals surface area contributed by atoms with Crippen LogP contribution in [0, 0.1) is 5.82 Å². The monoisotopic (exact) mass is 277 g/mol. The Hall–Kier alpha value is -2.97. The maximum Gasteiger partial charge on any atom is 0.235 e. The molecule has 0 unspecified atom stereocenters. The lowest BCUT2D eigenvalue weighted by Gasteiger charge is -2.17. The minimum absolute atomic E-state index is 0.0711. The summed E-state index contributed by atoms with van der Waals surface area (Å²) in [4.78, 5) is 13.2. The molecule has 9 heteroatoms. The fourth-order valence-electron chi connectivity index (χ4n) is 1.49. The summed E-state index contributed by atoms with van der Waals surface area (Å²) in [6.45, 7) is 0. The Bertz CT molecular complexity index is 661. The minimum Gasteiger partial charge on any atom is -0.409 e. The molecule has 0 aliphatic carbocycles. The van der Waals surface area contributed by atoms with Crippen LogP contribution in [0.25, 0.3) is 0 Å². The van der Waals surface area contributed by atoms with Crippen molar-refractivity contribution in [3.8, 4) is 0 Å². The lowest BCUT2D eigenvalue weighted by atomic mass is 10.3. The molecule has 8 nitrogen and oxygen atoms in total. The van der Waals surface area contributed by atoms with Crippen LogP contribution in [-0.4, -0.2) is 33.0 Å². The van der Waals surface area contributed by atoms with Gasteiger partial charge in [0.1, 0.15) is 5.82 Å². The minimum atomic E-state index is -0.395. The number of nitrogen functional groups attached to an aromatic ring is 1. The van der Waals surface area contributed by atoms with Gasteiger partial charge in [-0.15, -0.1) is 0 Å². The van der Waals surface area contributed by atoms with E-state index in [1.165, 1.54) is 17.0 Å². The fourth-order valence-corrected chi connectivity index (χ4v) is 1.49. The third-order valence-electron chi connectivity index (χ3n) is 2.47. The van der Waals surface area contributed by atoms with Gasteiger partial charge in [0.15, 0.2) is 0 Å². The number of aromatic nitrogens is 3. The maximum absolute atomic E-state index is 13.2. The molecule has 1 aromatic carbocycles.